The van der Waals surface area contributed by atoms with Crippen LogP contribution < -0.4 is 5.32 Å². The molecule has 0 aliphatic rings. The average Bonchev–Trinajstić information content (AvgIpc) is 2.66. The van der Waals surface area contributed by atoms with Gasteiger partial charge in [0.15, 0.2) is 0 Å². The molecular formula is C13H23NO. The maximum Gasteiger partial charge on any atom is 0.0935 e. The van der Waals surface area contributed by atoms with Crippen molar-refractivity contribution in [2.75, 3.05) is 0 Å². The lowest BCUT2D eigenvalue weighted by Crippen LogP contribution is -2.36. The summed E-state index contributed by atoms with van der Waals surface area (Å²) >= 11 is 0. The van der Waals surface area contributed by atoms with Gasteiger partial charge in [-0.1, -0.05) is 33.6 Å². The van der Waals surface area contributed by atoms with Gasteiger partial charge in [-0.15, -0.1) is 0 Å². The Kier molecular flexibility index (Phi) is 5.48. The first kappa shape index (κ1) is 12.3. The van der Waals surface area contributed by atoms with Crippen LogP contribution in [0, 0.1) is 0 Å². The lowest BCUT2D eigenvalue weighted by Gasteiger charge is -2.20. The molecule has 1 rings (SSSR count). The molecule has 0 saturated carbocycles. The second-order valence-corrected chi connectivity index (χ2v) is 4.50. The van der Waals surface area contributed by atoms with Crippen LogP contribution in [0.3, 0.4) is 0 Å². The average molecular weight is 209 g/mol. The smallest absolute Gasteiger partial charge is 0.0935 e. The van der Waals surface area contributed by atoms with E-state index in [1.807, 2.05) is 6.26 Å². The van der Waals surface area contributed by atoms with E-state index >= 15 is 0 Å². The highest BCUT2D eigenvalue weighted by molar-refractivity contribution is 5.07. The fraction of sp³-hybridized carbons (Fsp3) is 0.692. The van der Waals surface area contributed by atoms with Gasteiger partial charge in [-0.3, -0.25) is 0 Å². The third-order valence-corrected chi connectivity index (χ3v) is 2.54. The van der Waals surface area contributed by atoms with Crippen molar-refractivity contribution < 1.29 is 4.42 Å². The molecule has 0 radical (unpaired) electrons. The predicted molar refractivity (Wildman–Crippen MR) is 64.0 cm³/mol. The molecule has 0 saturated heterocycles. The number of hydrogen-bond donors (Lipinski definition) is 1. The second-order valence-electron chi connectivity index (χ2n) is 4.50. The third-order valence-electron chi connectivity index (χ3n) is 2.54. The molecule has 0 aliphatic heterocycles. The van der Waals surface area contributed by atoms with Gasteiger partial charge in [-0.25, -0.2) is 0 Å². The molecule has 0 aromatic carbocycles. The summed E-state index contributed by atoms with van der Waals surface area (Å²) in [5.41, 5.74) is 1.30. The summed E-state index contributed by atoms with van der Waals surface area (Å²) in [6, 6.07) is 3.20. The van der Waals surface area contributed by atoms with E-state index < -0.39 is 0 Å². The fourth-order valence-electron chi connectivity index (χ4n) is 1.86. The quantitative estimate of drug-likeness (QED) is 0.744. The van der Waals surface area contributed by atoms with Crippen molar-refractivity contribution >= 4 is 0 Å². The van der Waals surface area contributed by atoms with Gasteiger partial charge in [0.25, 0.3) is 0 Å². The number of hydrogen-bond acceptors (Lipinski definition) is 2. The minimum Gasteiger partial charge on any atom is -0.472 e. The van der Waals surface area contributed by atoms with Crippen molar-refractivity contribution in [1.82, 2.24) is 5.32 Å². The predicted octanol–water partition coefficient (Wildman–Crippen LogP) is 3.38. The lowest BCUT2D eigenvalue weighted by molar-refractivity contribution is 0.423. The van der Waals surface area contributed by atoms with Gasteiger partial charge < -0.3 is 9.73 Å². The number of unbranched alkanes of at least 4 members (excludes halogenated alkanes) is 1. The van der Waals surface area contributed by atoms with Crippen molar-refractivity contribution in [3.05, 3.63) is 24.2 Å². The molecule has 1 atom stereocenters. The Morgan fingerprint density at radius 1 is 1.40 bits per heavy atom. The van der Waals surface area contributed by atoms with Crippen LogP contribution in [0.2, 0.25) is 0 Å². The van der Waals surface area contributed by atoms with E-state index in [2.05, 4.69) is 32.2 Å². The summed E-state index contributed by atoms with van der Waals surface area (Å²) in [5, 5.41) is 3.61. The maximum atomic E-state index is 5.10. The molecule has 86 valence electrons. The molecule has 1 N–H and O–H groups in total. The third kappa shape index (κ3) is 5.03. The Balaban J connectivity index is 2.41. The molecule has 0 bridgehead atoms. The first-order chi connectivity index (χ1) is 7.22. The van der Waals surface area contributed by atoms with Crippen molar-refractivity contribution in [1.29, 1.82) is 0 Å². The molecule has 2 heteroatoms. The van der Waals surface area contributed by atoms with Gasteiger partial charge in [0.05, 0.1) is 12.5 Å². The van der Waals surface area contributed by atoms with Crippen LogP contribution in [0.5, 0.6) is 0 Å². The molecule has 2 nitrogen and oxygen atoms in total. The summed E-state index contributed by atoms with van der Waals surface area (Å²) < 4.78 is 5.10. The monoisotopic (exact) mass is 209 g/mol. The minimum absolute atomic E-state index is 0.554. The standard InChI is InChI=1S/C13H23NO/c1-4-5-6-13(14-11(2)3)9-12-7-8-15-10-12/h7-8,10-11,13-14H,4-6,9H2,1-3H3. The molecule has 1 unspecified atom stereocenters. The summed E-state index contributed by atoms with van der Waals surface area (Å²) in [6.45, 7) is 6.65. The molecule has 0 fully saturated rings. The zero-order chi connectivity index (χ0) is 11.1. The Hall–Kier alpha value is -0.760. The Morgan fingerprint density at radius 3 is 2.73 bits per heavy atom. The van der Waals surface area contributed by atoms with Crippen molar-refractivity contribution in [3.8, 4) is 0 Å². The van der Waals surface area contributed by atoms with Gasteiger partial charge in [0.2, 0.25) is 0 Å². The van der Waals surface area contributed by atoms with E-state index in [-0.39, 0.29) is 0 Å². The number of furan rings is 1. The van der Waals surface area contributed by atoms with Crippen LogP contribution in [0.15, 0.2) is 23.0 Å². The summed E-state index contributed by atoms with van der Waals surface area (Å²) in [7, 11) is 0. The maximum absolute atomic E-state index is 5.10. The number of rotatable bonds is 7. The first-order valence-electron chi connectivity index (χ1n) is 5.99. The molecule has 0 amide bonds. The van der Waals surface area contributed by atoms with Crippen LogP contribution in [-0.2, 0) is 6.42 Å². The minimum atomic E-state index is 0.554. The SMILES string of the molecule is CCCCC(Cc1ccoc1)NC(C)C. The van der Waals surface area contributed by atoms with Gasteiger partial charge in [-0.05, 0) is 24.5 Å². The fourth-order valence-corrected chi connectivity index (χ4v) is 1.86. The van der Waals surface area contributed by atoms with Gasteiger partial charge in [0, 0.05) is 12.1 Å². The van der Waals surface area contributed by atoms with E-state index in [1.54, 1.807) is 6.26 Å². The topological polar surface area (TPSA) is 25.2 Å². The Labute approximate surface area is 93.1 Å². The molecule has 1 heterocycles. The van der Waals surface area contributed by atoms with E-state index in [1.165, 1.54) is 24.8 Å². The van der Waals surface area contributed by atoms with E-state index in [0.29, 0.717) is 12.1 Å². The van der Waals surface area contributed by atoms with Gasteiger partial charge in [0.1, 0.15) is 0 Å². The second kappa shape index (κ2) is 6.67. The lowest BCUT2D eigenvalue weighted by atomic mass is 10.0. The van der Waals surface area contributed by atoms with Gasteiger partial charge in [-0.2, -0.15) is 0 Å². The molecule has 1 aromatic heterocycles. The van der Waals surface area contributed by atoms with Crippen LogP contribution >= 0.6 is 0 Å². The van der Waals surface area contributed by atoms with E-state index in [9.17, 15) is 0 Å². The van der Waals surface area contributed by atoms with Crippen molar-refractivity contribution in [2.24, 2.45) is 0 Å². The van der Waals surface area contributed by atoms with Crippen molar-refractivity contribution in [3.63, 3.8) is 0 Å². The van der Waals surface area contributed by atoms with Gasteiger partial charge >= 0.3 is 0 Å². The highest BCUT2D eigenvalue weighted by Gasteiger charge is 2.10. The molecule has 1 aromatic rings. The van der Waals surface area contributed by atoms with E-state index in [0.717, 1.165) is 6.42 Å². The van der Waals surface area contributed by atoms with Crippen LogP contribution in [0.1, 0.15) is 45.6 Å². The molecule has 0 aliphatic carbocycles. The Morgan fingerprint density at radius 2 is 2.20 bits per heavy atom. The van der Waals surface area contributed by atoms with Crippen molar-refractivity contribution in [2.45, 2.75) is 58.5 Å². The number of nitrogens with one attached hydrogen (secondary N) is 1. The summed E-state index contributed by atoms with van der Waals surface area (Å²) in [6.07, 6.45) is 8.49. The summed E-state index contributed by atoms with van der Waals surface area (Å²) in [4.78, 5) is 0. The van der Waals surface area contributed by atoms with Crippen LogP contribution in [0.4, 0.5) is 0 Å². The normalized spacial score (nSPS) is 13.3. The molecular weight excluding hydrogens is 186 g/mol. The van der Waals surface area contributed by atoms with Crippen LogP contribution in [0.25, 0.3) is 0 Å². The molecule has 0 spiro atoms. The Bertz CT molecular complexity index is 241. The van der Waals surface area contributed by atoms with E-state index in [4.69, 9.17) is 4.42 Å². The highest BCUT2D eigenvalue weighted by atomic mass is 16.3. The largest absolute Gasteiger partial charge is 0.472 e. The zero-order valence-corrected chi connectivity index (χ0v) is 10.1. The summed E-state index contributed by atoms with van der Waals surface area (Å²) in [5.74, 6) is 0. The zero-order valence-electron chi connectivity index (χ0n) is 10.1. The highest BCUT2D eigenvalue weighted by Crippen LogP contribution is 2.10. The molecule has 15 heavy (non-hydrogen) atoms. The van der Waals surface area contributed by atoms with Crippen LogP contribution in [-0.4, -0.2) is 12.1 Å². The first-order valence-corrected chi connectivity index (χ1v) is 5.99.